The molecular formula is C30H33FN8O. The maximum atomic E-state index is 15.3. The van der Waals surface area contributed by atoms with Gasteiger partial charge in [0.05, 0.1) is 11.9 Å². The zero-order chi connectivity index (χ0) is 27.6. The fourth-order valence-corrected chi connectivity index (χ4v) is 5.06. The Labute approximate surface area is 232 Å². The maximum absolute atomic E-state index is 15.3. The van der Waals surface area contributed by atoms with E-state index >= 15 is 4.39 Å². The molecule has 0 atom stereocenters. The summed E-state index contributed by atoms with van der Waals surface area (Å²) in [5.74, 6) is 1.40. The summed E-state index contributed by atoms with van der Waals surface area (Å²) in [5.41, 5.74) is 4.53. The number of fused-ring (bicyclic) bond motifs is 1. The van der Waals surface area contributed by atoms with E-state index in [1.54, 1.807) is 24.4 Å². The number of aromatic nitrogens is 4. The Morgan fingerprint density at radius 2 is 1.93 bits per heavy atom. The Balaban J connectivity index is 1.27. The quantitative estimate of drug-likeness (QED) is 0.245. The minimum absolute atomic E-state index is 0.0630. The summed E-state index contributed by atoms with van der Waals surface area (Å²) in [4.78, 5) is 21.1. The van der Waals surface area contributed by atoms with Gasteiger partial charge in [0.2, 0.25) is 0 Å². The molecule has 1 aromatic carbocycles. The summed E-state index contributed by atoms with van der Waals surface area (Å²) in [6, 6.07) is 11.1. The van der Waals surface area contributed by atoms with Gasteiger partial charge in [-0.1, -0.05) is 6.58 Å². The van der Waals surface area contributed by atoms with Crippen LogP contribution in [0.1, 0.15) is 18.5 Å². The number of H-pyrrole nitrogens is 1. The molecule has 10 heteroatoms. The van der Waals surface area contributed by atoms with Crippen molar-refractivity contribution in [2.75, 3.05) is 48.3 Å². The summed E-state index contributed by atoms with van der Waals surface area (Å²) < 4.78 is 21.3. The lowest BCUT2D eigenvalue weighted by molar-refractivity contribution is 0.414. The predicted molar refractivity (Wildman–Crippen MR) is 156 cm³/mol. The Morgan fingerprint density at radius 1 is 1.12 bits per heavy atom. The molecule has 2 fully saturated rings. The number of allylic oxidation sites excluding steroid dienone is 2. The van der Waals surface area contributed by atoms with Crippen molar-refractivity contribution < 1.29 is 9.13 Å². The van der Waals surface area contributed by atoms with Crippen LogP contribution < -0.4 is 25.2 Å². The number of anilines is 3. The number of ether oxygens (including phenoxy) is 1. The molecule has 2 aliphatic rings. The molecule has 3 N–H and O–H groups in total. The molecule has 4 aromatic rings. The van der Waals surface area contributed by atoms with E-state index in [-0.39, 0.29) is 11.8 Å². The van der Waals surface area contributed by atoms with Gasteiger partial charge >= 0.3 is 6.01 Å². The Hall–Kier alpha value is -4.60. The highest BCUT2D eigenvalue weighted by Crippen LogP contribution is 2.35. The van der Waals surface area contributed by atoms with Crippen molar-refractivity contribution in [1.29, 1.82) is 0 Å². The van der Waals surface area contributed by atoms with Crippen molar-refractivity contribution in [3.63, 3.8) is 0 Å². The molecule has 0 spiro atoms. The average molecular weight is 541 g/mol. The van der Waals surface area contributed by atoms with E-state index in [2.05, 4.69) is 53.0 Å². The number of piperazine rings is 1. The molecule has 1 saturated heterocycles. The lowest BCUT2D eigenvalue weighted by Crippen LogP contribution is -2.46. The Bertz CT molecular complexity index is 1550. The summed E-state index contributed by atoms with van der Waals surface area (Å²) in [5, 5.41) is 7.03. The molecule has 1 aliphatic carbocycles. The molecule has 1 saturated carbocycles. The number of rotatable bonds is 9. The largest absolute Gasteiger partial charge is 0.421 e. The molecule has 3 aromatic heterocycles. The SMILES string of the molecule is C=C(/C=C(\NC)C1CC1)Nc1cc(N2CCN(c3cccnc3)CC2)nc(Oc2ccc3[nH]c(C)cc3c2F)n1. The summed E-state index contributed by atoms with van der Waals surface area (Å²) in [6.07, 6.45) is 8.02. The first kappa shape index (κ1) is 25.7. The molecular weight excluding hydrogens is 507 g/mol. The van der Waals surface area contributed by atoms with Gasteiger partial charge in [-0.15, -0.1) is 0 Å². The van der Waals surface area contributed by atoms with Gasteiger partial charge in [0.1, 0.15) is 11.6 Å². The first-order chi connectivity index (χ1) is 19.5. The third kappa shape index (κ3) is 5.56. The van der Waals surface area contributed by atoms with E-state index < -0.39 is 5.82 Å². The summed E-state index contributed by atoms with van der Waals surface area (Å²) in [6.45, 7) is 9.20. The minimum Gasteiger partial charge on any atom is -0.421 e. The Morgan fingerprint density at radius 3 is 2.65 bits per heavy atom. The van der Waals surface area contributed by atoms with E-state index in [9.17, 15) is 0 Å². The van der Waals surface area contributed by atoms with Crippen LogP contribution in [-0.4, -0.2) is 53.2 Å². The summed E-state index contributed by atoms with van der Waals surface area (Å²) >= 11 is 0. The third-order valence-electron chi connectivity index (χ3n) is 7.27. The second-order valence-electron chi connectivity index (χ2n) is 10.2. The number of hydrogen-bond donors (Lipinski definition) is 3. The van der Waals surface area contributed by atoms with Gasteiger partial charge in [0.15, 0.2) is 11.6 Å². The van der Waals surface area contributed by atoms with Crippen molar-refractivity contribution in [2.24, 2.45) is 5.92 Å². The lowest BCUT2D eigenvalue weighted by Gasteiger charge is -2.36. The third-order valence-corrected chi connectivity index (χ3v) is 7.27. The molecule has 4 heterocycles. The average Bonchev–Trinajstić information content (AvgIpc) is 3.74. The number of halogens is 1. The number of aryl methyl sites for hydroxylation is 1. The van der Waals surface area contributed by atoms with Crippen LogP contribution in [0.25, 0.3) is 10.9 Å². The van der Waals surface area contributed by atoms with Crippen LogP contribution in [0.2, 0.25) is 0 Å². The van der Waals surface area contributed by atoms with Gasteiger partial charge in [-0.3, -0.25) is 4.98 Å². The highest BCUT2D eigenvalue weighted by molar-refractivity contribution is 5.82. The van der Waals surface area contributed by atoms with Crippen LogP contribution in [0, 0.1) is 18.7 Å². The molecule has 40 heavy (non-hydrogen) atoms. The van der Waals surface area contributed by atoms with Crippen LogP contribution in [0.3, 0.4) is 0 Å². The van der Waals surface area contributed by atoms with E-state index in [1.165, 1.54) is 12.8 Å². The number of nitrogens with zero attached hydrogens (tertiary/aromatic N) is 5. The van der Waals surface area contributed by atoms with Gasteiger partial charge < -0.3 is 30.2 Å². The van der Waals surface area contributed by atoms with Gasteiger partial charge in [-0.2, -0.15) is 9.97 Å². The normalized spacial score (nSPS) is 15.8. The first-order valence-corrected chi connectivity index (χ1v) is 13.6. The number of nitrogens with one attached hydrogen (secondary N) is 3. The van der Waals surface area contributed by atoms with Gasteiger partial charge in [0, 0.05) is 73.5 Å². The van der Waals surface area contributed by atoms with Gasteiger partial charge in [-0.25, -0.2) is 4.39 Å². The lowest BCUT2D eigenvalue weighted by atomic mass is 10.2. The molecule has 0 radical (unpaired) electrons. The number of aromatic amines is 1. The molecule has 1 aliphatic heterocycles. The van der Waals surface area contributed by atoms with Crippen LogP contribution in [0.15, 0.2) is 72.8 Å². The molecule has 0 amide bonds. The minimum atomic E-state index is -0.453. The van der Waals surface area contributed by atoms with Crippen molar-refractivity contribution in [2.45, 2.75) is 19.8 Å². The number of benzene rings is 1. The molecule has 9 nitrogen and oxygen atoms in total. The van der Waals surface area contributed by atoms with Crippen LogP contribution in [0.5, 0.6) is 11.8 Å². The fourth-order valence-electron chi connectivity index (χ4n) is 5.06. The van der Waals surface area contributed by atoms with Gasteiger partial charge in [0.25, 0.3) is 0 Å². The van der Waals surface area contributed by atoms with E-state index in [0.717, 1.165) is 43.3 Å². The van der Waals surface area contributed by atoms with E-state index in [0.29, 0.717) is 34.2 Å². The maximum Gasteiger partial charge on any atom is 0.326 e. The fraction of sp³-hybridized carbons (Fsp3) is 0.300. The highest BCUT2D eigenvalue weighted by Gasteiger charge is 2.25. The van der Waals surface area contributed by atoms with Crippen LogP contribution >= 0.6 is 0 Å². The second-order valence-corrected chi connectivity index (χ2v) is 10.2. The van der Waals surface area contributed by atoms with Crippen molar-refractivity contribution in [3.05, 3.63) is 84.4 Å². The highest BCUT2D eigenvalue weighted by atomic mass is 19.1. The predicted octanol–water partition coefficient (Wildman–Crippen LogP) is 5.36. The molecule has 206 valence electrons. The zero-order valence-electron chi connectivity index (χ0n) is 22.7. The van der Waals surface area contributed by atoms with Crippen LogP contribution in [-0.2, 0) is 0 Å². The second kappa shape index (κ2) is 10.9. The van der Waals surface area contributed by atoms with Crippen molar-refractivity contribution in [3.8, 4) is 11.8 Å². The molecule has 6 rings (SSSR count). The summed E-state index contributed by atoms with van der Waals surface area (Å²) in [7, 11) is 1.93. The standard InChI is InChI=1S/C30H33FN8O/c1-19-15-23-24(34-19)8-9-26(29(23)31)40-30-36-27(35-20(2)16-25(32-3)21-6-7-21)17-28(37-30)39-13-11-38(12-14-39)22-5-4-10-33-18-22/h4-5,8-10,15-18,21,32,34H,2,6-7,11-14H2,1,3H3,(H,35,36,37)/b25-16-. The first-order valence-electron chi connectivity index (χ1n) is 13.6. The monoisotopic (exact) mass is 540 g/mol. The molecule has 0 unspecified atom stereocenters. The van der Waals surface area contributed by atoms with Gasteiger partial charge in [-0.05, 0) is 62.1 Å². The zero-order valence-corrected chi connectivity index (χ0v) is 22.7. The molecule has 0 bridgehead atoms. The van der Waals surface area contributed by atoms with E-state index in [4.69, 9.17) is 4.74 Å². The smallest absolute Gasteiger partial charge is 0.326 e. The number of pyridine rings is 1. The topological polar surface area (TPSA) is 94.2 Å². The number of hydrogen-bond acceptors (Lipinski definition) is 8. The van der Waals surface area contributed by atoms with E-state index in [1.807, 2.05) is 38.4 Å². The Kier molecular flexibility index (Phi) is 6.98. The van der Waals surface area contributed by atoms with Crippen LogP contribution in [0.4, 0.5) is 21.7 Å². The van der Waals surface area contributed by atoms with Crippen molar-refractivity contribution in [1.82, 2.24) is 25.3 Å². The van der Waals surface area contributed by atoms with Crippen molar-refractivity contribution >= 4 is 28.2 Å².